The molecule has 1 aromatic carbocycles. The van der Waals surface area contributed by atoms with Gasteiger partial charge < -0.3 is 5.32 Å². The van der Waals surface area contributed by atoms with E-state index in [1.54, 1.807) is 0 Å². The van der Waals surface area contributed by atoms with E-state index >= 15 is 0 Å². The summed E-state index contributed by atoms with van der Waals surface area (Å²) in [4.78, 5) is 12.2. The molecular formula is C15H18ClNO3S. The minimum atomic E-state index is -2.98. The van der Waals surface area contributed by atoms with E-state index in [0.717, 1.165) is 18.4 Å². The largest absolute Gasteiger partial charge is 0.352 e. The first kappa shape index (κ1) is 14.9. The lowest BCUT2D eigenvalue weighted by molar-refractivity contribution is -0.123. The van der Waals surface area contributed by atoms with Crippen LogP contribution < -0.4 is 5.32 Å². The second-order valence-corrected chi connectivity index (χ2v) is 8.63. The van der Waals surface area contributed by atoms with Crippen LogP contribution in [0.2, 0.25) is 5.02 Å². The fraction of sp³-hybridized carbons (Fsp3) is 0.533. The Labute approximate surface area is 129 Å². The molecule has 0 aromatic heterocycles. The normalized spacial score (nSPS) is 30.6. The maximum Gasteiger partial charge on any atom is 0.223 e. The van der Waals surface area contributed by atoms with Crippen LogP contribution in [0, 0.1) is 5.92 Å². The molecule has 2 fully saturated rings. The minimum absolute atomic E-state index is 0.0166. The molecule has 0 bridgehead atoms. The van der Waals surface area contributed by atoms with Crippen molar-refractivity contribution in [3.63, 3.8) is 0 Å². The third kappa shape index (κ3) is 3.58. The molecule has 1 N–H and O–H groups in total. The summed E-state index contributed by atoms with van der Waals surface area (Å²) in [6.45, 7) is 0. The van der Waals surface area contributed by atoms with Gasteiger partial charge in [0.15, 0.2) is 9.84 Å². The highest BCUT2D eigenvalue weighted by molar-refractivity contribution is 7.91. The number of halogens is 1. The Morgan fingerprint density at radius 3 is 2.62 bits per heavy atom. The van der Waals surface area contributed by atoms with Crippen molar-refractivity contribution >= 4 is 27.3 Å². The molecule has 1 saturated carbocycles. The van der Waals surface area contributed by atoms with Crippen molar-refractivity contribution < 1.29 is 13.2 Å². The predicted molar refractivity (Wildman–Crippen MR) is 82.1 cm³/mol. The third-order valence-corrected chi connectivity index (χ3v) is 6.31. The first-order valence-electron chi connectivity index (χ1n) is 7.21. The van der Waals surface area contributed by atoms with Gasteiger partial charge in [0.2, 0.25) is 5.91 Å². The predicted octanol–water partition coefficient (Wildman–Crippen LogP) is 2.14. The van der Waals surface area contributed by atoms with Crippen LogP contribution in [-0.2, 0) is 14.6 Å². The van der Waals surface area contributed by atoms with Gasteiger partial charge in [-0.1, -0.05) is 23.7 Å². The van der Waals surface area contributed by atoms with Crippen LogP contribution >= 0.6 is 11.6 Å². The van der Waals surface area contributed by atoms with E-state index in [9.17, 15) is 13.2 Å². The van der Waals surface area contributed by atoms with Crippen molar-refractivity contribution in [1.29, 1.82) is 0 Å². The molecule has 0 unspecified atom stereocenters. The van der Waals surface area contributed by atoms with Crippen molar-refractivity contribution in [2.24, 2.45) is 5.92 Å². The van der Waals surface area contributed by atoms with E-state index in [2.05, 4.69) is 5.32 Å². The van der Waals surface area contributed by atoms with Crippen LogP contribution in [0.3, 0.4) is 0 Å². The number of carbonyl (C=O) groups is 1. The quantitative estimate of drug-likeness (QED) is 0.925. The average Bonchev–Trinajstić information content (AvgIpc) is 3.18. The summed E-state index contributed by atoms with van der Waals surface area (Å²) in [6, 6.07) is 7.34. The van der Waals surface area contributed by atoms with E-state index in [1.807, 2.05) is 24.3 Å². The molecule has 1 aliphatic heterocycles. The van der Waals surface area contributed by atoms with Crippen LogP contribution in [-0.4, -0.2) is 31.9 Å². The Morgan fingerprint density at radius 2 is 1.95 bits per heavy atom. The molecule has 0 spiro atoms. The summed E-state index contributed by atoms with van der Waals surface area (Å²) in [7, 11) is -2.98. The van der Waals surface area contributed by atoms with Gasteiger partial charge in [-0.25, -0.2) is 8.42 Å². The minimum Gasteiger partial charge on any atom is -0.352 e. The Morgan fingerprint density at radius 1 is 1.24 bits per heavy atom. The van der Waals surface area contributed by atoms with Gasteiger partial charge >= 0.3 is 0 Å². The highest BCUT2D eigenvalue weighted by atomic mass is 35.5. The molecule has 2 aliphatic rings. The number of hydrogen-bond donors (Lipinski definition) is 1. The van der Waals surface area contributed by atoms with Crippen LogP contribution in [0.15, 0.2) is 24.3 Å². The van der Waals surface area contributed by atoms with E-state index in [-0.39, 0.29) is 35.3 Å². The lowest BCUT2D eigenvalue weighted by Gasteiger charge is -2.23. The summed E-state index contributed by atoms with van der Waals surface area (Å²) in [5.41, 5.74) is 1.12. The zero-order valence-electron chi connectivity index (χ0n) is 11.6. The van der Waals surface area contributed by atoms with Crippen molar-refractivity contribution in [2.45, 2.75) is 31.2 Å². The molecule has 1 saturated heterocycles. The van der Waals surface area contributed by atoms with E-state index < -0.39 is 9.84 Å². The second kappa shape index (κ2) is 5.61. The third-order valence-electron chi connectivity index (χ3n) is 4.23. The monoisotopic (exact) mass is 327 g/mol. The van der Waals surface area contributed by atoms with Crippen LogP contribution in [0.1, 0.15) is 30.7 Å². The molecule has 114 valence electrons. The van der Waals surface area contributed by atoms with Crippen molar-refractivity contribution in [1.82, 2.24) is 5.32 Å². The Kier molecular flexibility index (Phi) is 3.97. The van der Waals surface area contributed by atoms with Crippen molar-refractivity contribution in [2.75, 3.05) is 11.5 Å². The number of nitrogens with one attached hydrogen (secondary N) is 1. The van der Waals surface area contributed by atoms with Gasteiger partial charge in [0, 0.05) is 17.0 Å². The summed E-state index contributed by atoms with van der Waals surface area (Å²) >= 11 is 5.86. The summed E-state index contributed by atoms with van der Waals surface area (Å²) in [5, 5.41) is 3.59. The van der Waals surface area contributed by atoms with Gasteiger partial charge in [0.1, 0.15) is 0 Å². The van der Waals surface area contributed by atoms with Gasteiger partial charge in [0.25, 0.3) is 0 Å². The van der Waals surface area contributed by atoms with E-state index in [1.165, 1.54) is 0 Å². The second-order valence-electron chi connectivity index (χ2n) is 5.96. The lowest BCUT2D eigenvalue weighted by Crippen LogP contribution is -2.43. The molecule has 1 aliphatic carbocycles. The van der Waals surface area contributed by atoms with E-state index in [0.29, 0.717) is 11.4 Å². The fourth-order valence-electron chi connectivity index (χ4n) is 3.01. The maximum atomic E-state index is 12.2. The molecule has 1 amide bonds. The zero-order chi connectivity index (χ0) is 15.0. The van der Waals surface area contributed by atoms with Gasteiger partial charge in [-0.05, 0) is 42.9 Å². The molecule has 1 aromatic rings. The first-order chi connectivity index (χ1) is 9.94. The highest BCUT2D eigenvalue weighted by Crippen LogP contribution is 2.47. The van der Waals surface area contributed by atoms with Crippen molar-refractivity contribution in [3.05, 3.63) is 34.9 Å². The van der Waals surface area contributed by atoms with E-state index in [4.69, 9.17) is 11.6 Å². The maximum absolute atomic E-state index is 12.2. The number of hydrogen-bond acceptors (Lipinski definition) is 3. The topological polar surface area (TPSA) is 63.2 Å². The Balaban J connectivity index is 1.57. The Bertz CT molecular complexity index is 641. The fourth-order valence-corrected chi connectivity index (χ4v) is 4.77. The van der Waals surface area contributed by atoms with Crippen LogP contribution in [0.5, 0.6) is 0 Å². The molecule has 3 atom stereocenters. The molecular weight excluding hydrogens is 310 g/mol. The van der Waals surface area contributed by atoms with Crippen LogP contribution in [0.25, 0.3) is 0 Å². The number of rotatable bonds is 3. The molecule has 0 radical (unpaired) electrons. The number of sulfone groups is 1. The molecule has 21 heavy (non-hydrogen) atoms. The zero-order valence-corrected chi connectivity index (χ0v) is 13.2. The summed E-state index contributed by atoms with van der Waals surface area (Å²) in [5.74, 6) is 0.517. The molecule has 6 heteroatoms. The standard InChI is InChI=1S/C15H18ClNO3S/c16-11-5-3-10(4-6-11)13-8-14(13)15(18)17-12-2-1-7-21(19,20)9-12/h3-6,12-14H,1-2,7-9H2,(H,17,18)/t12-,13+,14-/m0/s1. The Hall–Kier alpha value is -1.07. The SMILES string of the molecule is O=C(N[C@H]1CCCS(=O)(=O)C1)[C@H]1C[C@@H]1c1ccc(Cl)cc1. The molecule has 1 heterocycles. The summed E-state index contributed by atoms with van der Waals surface area (Å²) < 4.78 is 23.2. The number of amides is 1. The van der Waals surface area contributed by atoms with Gasteiger partial charge in [-0.3, -0.25) is 4.79 Å². The molecule has 4 nitrogen and oxygen atoms in total. The highest BCUT2D eigenvalue weighted by Gasteiger charge is 2.44. The first-order valence-corrected chi connectivity index (χ1v) is 9.41. The van der Waals surface area contributed by atoms with Gasteiger partial charge in [-0.15, -0.1) is 0 Å². The smallest absolute Gasteiger partial charge is 0.223 e. The summed E-state index contributed by atoms with van der Waals surface area (Å²) in [6.07, 6.45) is 2.22. The van der Waals surface area contributed by atoms with Gasteiger partial charge in [-0.2, -0.15) is 0 Å². The molecule has 3 rings (SSSR count). The van der Waals surface area contributed by atoms with Gasteiger partial charge in [0.05, 0.1) is 11.5 Å². The van der Waals surface area contributed by atoms with Crippen molar-refractivity contribution in [3.8, 4) is 0 Å². The number of carbonyl (C=O) groups excluding carboxylic acids is 1. The average molecular weight is 328 g/mol. The lowest BCUT2D eigenvalue weighted by atomic mass is 10.1. The van der Waals surface area contributed by atoms with Crippen LogP contribution in [0.4, 0.5) is 0 Å². The number of benzene rings is 1.